The lowest BCUT2D eigenvalue weighted by Crippen LogP contribution is -2.42. The van der Waals surface area contributed by atoms with Crippen LogP contribution in [0.3, 0.4) is 0 Å². The number of benzene rings is 1. The molecule has 0 aromatic heterocycles. The monoisotopic (exact) mass is 299 g/mol. The fraction of sp³-hybridized carbons (Fsp3) is 0.600. The van der Waals surface area contributed by atoms with Crippen LogP contribution in [0.4, 0.5) is 0 Å². The van der Waals surface area contributed by atoms with Gasteiger partial charge in [0.15, 0.2) is 9.84 Å². The molecule has 0 radical (unpaired) electrons. The van der Waals surface area contributed by atoms with Crippen molar-refractivity contribution in [3.05, 3.63) is 29.8 Å². The van der Waals surface area contributed by atoms with E-state index in [1.165, 1.54) is 6.26 Å². The minimum atomic E-state index is -3.15. The second kappa shape index (κ2) is 6.24. The van der Waals surface area contributed by atoms with Gasteiger partial charge in [-0.25, -0.2) is 8.42 Å². The Balaban J connectivity index is 2.72. The largest absolute Gasteiger partial charge is 0.389 e. The summed E-state index contributed by atoms with van der Waals surface area (Å²) in [7, 11) is -3.15. The Morgan fingerprint density at radius 2 is 1.70 bits per heavy atom. The Morgan fingerprint density at radius 1 is 1.20 bits per heavy atom. The number of nitrogens with one attached hydrogen (secondary N) is 1. The molecule has 1 aromatic rings. The molecule has 114 valence electrons. The van der Waals surface area contributed by atoms with E-state index in [0.29, 0.717) is 11.4 Å². The van der Waals surface area contributed by atoms with E-state index in [-0.39, 0.29) is 12.0 Å². The fourth-order valence-corrected chi connectivity index (χ4v) is 2.32. The Bertz CT molecular complexity index is 533. The van der Waals surface area contributed by atoms with Crippen LogP contribution >= 0.6 is 0 Å². The number of hydrogen-bond donors (Lipinski definition) is 2. The molecule has 2 N–H and O–H groups in total. The Kier molecular flexibility index (Phi) is 5.35. The molecule has 1 aromatic carbocycles. The van der Waals surface area contributed by atoms with Crippen molar-refractivity contribution in [2.75, 3.05) is 12.8 Å². The summed E-state index contributed by atoms with van der Waals surface area (Å²) >= 11 is 0. The molecule has 0 aliphatic heterocycles. The van der Waals surface area contributed by atoms with Crippen LogP contribution in [0.1, 0.15) is 39.3 Å². The molecule has 0 heterocycles. The predicted octanol–water partition coefficient (Wildman–Crippen LogP) is 2.15. The average Bonchev–Trinajstić information content (AvgIpc) is 2.35. The molecule has 0 aliphatic carbocycles. The highest BCUT2D eigenvalue weighted by Crippen LogP contribution is 2.19. The summed E-state index contributed by atoms with van der Waals surface area (Å²) in [5.74, 6) is 0.162. The Hall–Kier alpha value is -0.910. The highest BCUT2D eigenvalue weighted by atomic mass is 32.2. The summed E-state index contributed by atoms with van der Waals surface area (Å²) in [5.41, 5.74) is 0.234. The van der Waals surface area contributed by atoms with Gasteiger partial charge in [-0.2, -0.15) is 0 Å². The van der Waals surface area contributed by atoms with Crippen LogP contribution in [-0.4, -0.2) is 31.9 Å². The first-order valence-electron chi connectivity index (χ1n) is 6.80. The number of rotatable bonds is 6. The normalized spacial score (nSPS) is 16.9. The van der Waals surface area contributed by atoms with Gasteiger partial charge < -0.3 is 10.4 Å². The van der Waals surface area contributed by atoms with Gasteiger partial charge in [-0.3, -0.25) is 0 Å². The molecule has 0 fully saturated rings. The van der Waals surface area contributed by atoms with E-state index < -0.39 is 15.4 Å². The van der Waals surface area contributed by atoms with Crippen molar-refractivity contribution in [1.82, 2.24) is 5.32 Å². The van der Waals surface area contributed by atoms with Gasteiger partial charge in [-0.1, -0.05) is 26.0 Å². The van der Waals surface area contributed by atoms with E-state index in [9.17, 15) is 13.5 Å². The van der Waals surface area contributed by atoms with Crippen LogP contribution in [0.2, 0.25) is 0 Å². The second-order valence-electron chi connectivity index (χ2n) is 5.96. The first-order chi connectivity index (χ1) is 9.04. The zero-order valence-electron chi connectivity index (χ0n) is 12.8. The molecule has 4 nitrogen and oxygen atoms in total. The van der Waals surface area contributed by atoms with Crippen molar-refractivity contribution in [2.24, 2.45) is 5.92 Å². The molecule has 0 saturated carbocycles. The van der Waals surface area contributed by atoms with Gasteiger partial charge in [0.25, 0.3) is 0 Å². The molecule has 0 spiro atoms. The maximum Gasteiger partial charge on any atom is 0.175 e. The van der Waals surface area contributed by atoms with Crippen molar-refractivity contribution >= 4 is 9.84 Å². The first-order valence-corrected chi connectivity index (χ1v) is 8.69. The maximum atomic E-state index is 11.4. The minimum absolute atomic E-state index is 0.0498. The van der Waals surface area contributed by atoms with Gasteiger partial charge in [-0.15, -0.1) is 0 Å². The van der Waals surface area contributed by atoms with Crippen molar-refractivity contribution in [1.29, 1.82) is 0 Å². The van der Waals surface area contributed by atoms with E-state index in [0.717, 1.165) is 5.56 Å². The predicted molar refractivity (Wildman–Crippen MR) is 81.4 cm³/mol. The van der Waals surface area contributed by atoms with Crippen LogP contribution in [0, 0.1) is 5.92 Å². The van der Waals surface area contributed by atoms with Gasteiger partial charge >= 0.3 is 0 Å². The van der Waals surface area contributed by atoms with Crippen LogP contribution < -0.4 is 5.32 Å². The zero-order valence-corrected chi connectivity index (χ0v) is 13.7. The van der Waals surface area contributed by atoms with Crippen molar-refractivity contribution < 1.29 is 13.5 Å². The van der Waals surface area contributed by atoms with Gasteiger partial charge in [0.1, 0.15) is 0 Å². The molecule has 2 atom stereocenters. The molecule has 0 saturated heterocycles. The average molecular weight is 299 g/mol. The highest BCUT2D eigenvalue weighted by Gasteiger charge is 2.25. The molecular formula is C15H25NO3S. The molecule has 0 amide bonds. The van der Waals surface area contributed by atoms with Crippen molar-refractivity contribution in [3.63, 3.8) is 0 Å². The highest BCUT2D eigenvalue weighted by molar-refractivity contribution is 7.90. The lowest BCUT2D eigenvalue weighted by molar-refractivity contribution is 0.0122. The molecule has 0 aliphatic rings. The maximum absolute atomic E-state index is 11.4. The van der Waals surface area contributed by atoms with E-state index in [1.807, 2.05) is 27.7 Å². The quantitative estimate of drug-likeness (QED) is 0.844. The molecule has 1 rings (SSSR count). The number of aliphatic hydroxyl groups is 1. The van der Waals surface area contributed by atoms with Crippen LogP contribution in [-0.2, 0) is 9.84 Å². The topological polar surface area (TPSA) is 66.4 Å². The molecule has 5 heteroatoms. The second-order valence-corrected chi connectivity index (χ2v) is 7.97. The number of sulfone groups is 1. The summed E-state index contributed by atoms with van der Waals surface area (Å²) in [4.78, 5) is 0.322. The Labute approximate surface area is 122 Å². The number of hydrogen-bond acceptors (Lipinski definition) is 4. The lowest BCUT2D eigenvalue weighted by atomic mass is 9.92. The van der Waals surface area contributed by atoms with Gasteiger partial charge in [0.2, 0.25) is 0 Å². The zero-order chi connectivity index (χ0) is 15.6. The first kappa shape index (κ1) is 17.1. The van der Waals surface area contributed by atoms with E-state index >= 15 is 0 Å². The van der Waals surface area contributed by atoms with Crippen molar-refractivity contribution in [3.8, 4) is 0 Å². The SMILES string of the molecule is CC(NCC(C)(O)C(C)C)c1ccc(S(C)(=O)=O)cc1. The van der Waals surface area contributed by atoms with E-state index in [4.69, 9.17) is 0 Å². The summed E-state index contributed by atoms with van der Waals surface area (Å²) in [6.45, 7) is 8.25. The van der Waals surface area contributed by atoms with Crippen LogP contribution in [0.5, 0.6) is 0 Å². The summed E-state index contributed by atoms with van der Waals surface area (Å²) in [6.07, 6.45) is 1.20. The third-order valence-electron chi connectivity index (χ3n) is 3.82. The molecule has 0 bridgehead atoms. The van der Waals surface area contributed by atoms with Crippen LogP contribution in [0.25, 0.3) is 0 Å². The minimum Gasteiger partial charge on any atom is -0.389 e. The van der Waals surface area contributed by atoms with E-state index in [2.05, 4.69) is 5.32 Å². The summed E-state index contributed by atoms with van der Waals surface area (Å²) in [6, 6.07) is 6.89. The van der Waals surface area contributed by atoms with Crippen molar-refractivity contribution in [2.45, 2.75) is 44.2 Å². The van der Waals surface area contributed by atoms with E-state index in [1.54, 1.807) is 24.3 Å². The van der Waals surface area contributed by atoms with Gasteiger partial charge in [0, 0.05) is 18.8 Å². The van der Waals surface area contributed by atoms with Gasteiger partial charge in [-0.05, 0) is 37.5 Å². The lowest BCUT2D eigenvalue weighted by Gasteiger charge is -2.29. The van der Waals surface area contributed by atoms with Crippen LogP contribution in [0.15, 0.2) is 29.2 Å². The molecule has 20 heavy (non-hydrogen) atoms. The summed E-state index contributed by atoms with van der Waals surface area (Å²) in [5, 5.41) is 13.5. The molecule has 2 unspecified atom stereocenters. The smallest absolute Gasteiger partial charge is 0.175 e. The standard InChI is InChI=1S/C15H25NO3S/c1-11(2)15(4,17)10-16-12(3)13-6-8-14(9-7-13)20(5,18)19/h6-9,11-12,16-17H,10H2,1-5H3. The fourth-order valence-electron chi connectivity index (χ4n) is 1.69. The van der Waals surface area contributed by atoms with Gasteiger partial charge in [0.05, 0.1) is 10.5 Å². The molecular weight excluding hydrogens is 274 g/mol. The third kappa shape index (κ3) is 4.58. The Morgan fingerprint density at radius 3 is 2.10 bits per heavy atom. The third-order valence-corrected chi connectivity index (χ3v) is 4.95. The summed E-state index contributed by atoms with van der Waals surface area (Å²) < 4.78 is 22.8.